The third-order valence-electron chi connectivity index (χ3n) is 5.18. The van der Waals surface area contributed by atoms with Crippen molar-refractivity contribution in [3.8, 4) is 28.3 Å². The Hall–Kier alpha value is -4.11. The molecule has 0 spiro atoms. The summed E-state index contributed by atoms with van der Waals surface area (Å²) in [7, 11) is 0. The van der Waals surface area contributed by atoms with E-state index < -0.39 is 0 Å². The van der Waals surface area contributed by atoms with E-state index in [0.717, 1.165) is 34.0 Å². The van der Waals surface area contributed by atoms with Gasteiger partial charge in [-0.3, -0.25) is 4.57 Å². The zero-order chi connectivity index (χ0) is 21.0. The Morgan fingerprint density at radius 2 is 1.16 bits per heavy atom. The molecule has 31 heavy (non-hydrogen) atoms. The summed E-state index contributed by atoms with van der Waals surface area (Å²) < 4.78 is 8.57. The van der Waals surface area contributed by atoms with Gasteiger partial charge in [0.05, 0.1) is 11.4 Å². The molecule has 0 radical (unpaired) electrons. The minimum absolute atomic E-state index is 0.535. The largest absolute Gasteiger partial charge is 0.422 e. The van der Waals surface area contributed by atoms with Crippen LogP contribution in [0.5, 0.6) is 0 Å². The fourth-order valence-electron chi connectivity index (χ4n) is 3.64. The van der Waals surface area contributed by atoms with Crippen LogP contribution in [0.15, 0.2) is 125 Å². The highest BCUT2D eigenvalue weighted by Crippen LogP contribution is 2.33. The van der Waals surface area contributed by atoms with Crippen molar-refractivity contribution in [1.82, 2.24) is 4.57 Å². The van der Waals surface area contributed by atoms with Gasteiger partial charge >= 0.3 is 5.68 Å². The van der Waals surface area contributed by atoms with E-state index in [4.69, 9.17) is 9.41 Å². The maximum absolute atomic E-state index is 6.47. The maximum Gasteiger partial charge on any atom is 0.307 e. The van der Waals surface area contributed by atoms with E-state index >= 15 is 0 Å². The van der Waals surface area contributed by atoms with E-state index in [0.29, 0.717) is 5.68 Å². The van der Waals surface area contributed by atoms with Crippen molar-refractivity contribution in [2.24, 2.45) is 4.99 Å². The summed E-state index contributed by atoms with van der Waals surface area (Å²) in [6.45, 7) is 2.07. The van der Waals surface area contributed by atoms with Crippen molar-refractivity contribution in [3.63, 3.8) is 0 Å². The number of oxazole rings is 1. The summed E-state index contributed by atoms with van der Waals surface area (Å²) in [4.78, 5) is 4.89. The average Bonchev–Trinajstić information content (AvgIpc) is 3.21. The second kappa shape index (κ2) is 8.33. The van der Waals surface area contributed by atoms with Crippen LogP contribution in [-0.4, -0.2) is 4.57 Å². The quantitative estimate of drug-likeness (QED) is 0.320. The molecule has 0 N–H and O–H groups in total. The Balaban J connectivity index is 1.87. The molecule has 1 heterocycles. The smallest absolute Gasteiger partial charge is 0.307 e. The zero-order valence-corrected chi connectivity index (χ0v) is 17.3. The van der Waals surface area contributed by atoms with Crippen LogP contribution in [0.1, 0.15) is 5.56 Å². The molecule has 4 aromatic carbocycles. The lowest BCUT2D eigenvalue weighted by Crippen LogP contribution is -2.15. The molecule has 1 aromatic heterocycles. The number of hydrogen-bond acceptors (Lipinski definition) is 2. The van der Waals surface area contributed by atoms with Crippen molar-refractivity contribution in [3.05, 3.63) is 127 Å². The second-order valence-corrected chi connectivity index (χ2v) is 7.41. The van der Waals surface area contributed by atoms with Crippen LogP contribution in [0.25, 0.3) is 28.3 Å². The molecule has 0 amide bonds. The molecule has 0 aliphatic rings. The molecule has 0 saturated heterocycles. The van der Waals surface area contributed by atoms with E-state index in [1.165, 1.54) is 5.56 Å². The molecule has 0 bridgehead atoms. The Morgan fingerprint density at radius 3 is 1.77 bits per heavy atom. The Kier molecular flexibility index (Phi) is 5.07. The van der Waals surface area contributed by atoms with Crippen LogP contribution < -0.4 is 5.68 Å². The van der Waals surface area contributed by atoms with Gasteiger partial charge in [0.2, 0.25) is 0 Å². The first-order valence-electron chi connectivity index (χ1n) is 10.3. The van der Waals surface area contributed by atoms with Gasteiger partial charge in [-0.25, -0.2) is 0 Å². The fourth-order valence-corrected chi connectivity index (χ4v) is 3.64. The predicted molar refractivity (Wildman–Crippen MR) is 125 cm³/mol. The van der Waals surface area contributed by atoms with Gasteiger partial charge in [-0.2, -0.15) is 4.99 Å². The van der Waals surface area contributed by atoms with Gasteiger partial charge < -0.3 is 4.42 Å². The number of aryl methyl sites for hydroxylation is 1. The molecule has 0 saturated carbocycles. The van der Waals surface area contributed by atoms with Crippen molar-refractivity contribution >= 4 is 5.69 Å². The van der Waals surface area contributed by atoms with Crippen molar-refractivity contribution in [1.29, 1.82) is 0 Å². The molecule has 0 atom stereocenters. The molecule has 150 valence electrons. The van der Waals surface area contributed by atoms with Gasteiger partial charge in [-0.05, 0) is 31.2 Å². The first kappa shape index (κ1) is 18.9. The maximum atomic E-state index is 6.47. The monoisotopic (exact) mass is 402 g/mol. The van der Waals surface area contributed by atoms with Gasteiger partial charge in [0, 0.05) is 11.1 Å². The zero-order valence-electron chi connectivity index (χ0n) is 17.3. The highest BCUT2D eigenvalue weighted by atomic mass is 16.4. The second-order valence-electron chi connectivity index (χ2n) is 7.41. The molecule has 3 nitrogen and oxygen atoms in total. The molecule has 0 aliphatic heterocycles. The Morgan fingerprint density at radius 1 is 0.613 bits per heavy atom. The van der Waals surface area contributed by atoms with Crippen molar-refractivity contribution < 1.29 is 4.42 Å². The molecule has 5 aromatic rings. The third kappa shape index (κ3) is 3.86. The van der Waals surface area contributed by atoms with Gasteiger partial charge in [-0.15, -0.1) is 0 Å². The third-order valence-corrected chi connectivity index (χ3v) is 5.18. The van der Waals surface area contributed by atoms with E-state index in [2.05, 4.69) is 60.0 Å². The molecule has 3 heteroatoms. The SMILES string of the molecule is Cc1ccc(N=c2oc(-c3ccccc3)c(-c3ccccc3)n2-c2ccccc2)cc1. The number of para-hydroxylation sites is 1. The van der Waals surface area contributed by atoms with Crippen LogP contribution in [0.2, 0.25) is 0 Å². The number of rotatable bonds is 4. The number of nitrogens with zero attached hydrogens (tertiary/aromatic N) is 2. The summed E-state index contributed by atoms with van der Waals surface area (Å²) in [5, 5.41) is 0. The topological polar surface area (TPSA) is 30.4 Å². The van der Waals surface area contributed by atoms with Crippen molar-refractivity contribution in [2.75, 3.05) is 0 Å². The van der Waals surface area contributed by atoms with E-state index in [-0.39, 0.29) is 0 Å². The van der Waals surface area contributed by atoms with Gasteiger partial charge in [0.15, 0.2) is 5.76 Å². The summed E-state index contributed by atoms with van der Waals surface area (Å²) in [5.41, 5.74) is 6.64. The van der Waals surface area contributed by atoms with Crippen LogP contribution in [0, 0.1) is 6.92 Å². The average molecular weight is 402 g/mol. The Bertz CT molecular complexity index is 1350. The Labute approximate surface area is 181 Å². The van der Waals surface area contributed by atoms with E-state index in [9.17, 15) is 0 Å². The fraction of sp³-hybridized carbons (Fsp3) is 0.0357. The minimum atomic E-state index is 0.535. The lowest BCUT2D eigenvalue weighted by atomic mass is 10.1. The summed E-state index contributed by atoms with van der Waals surface area (Å²) in [6, 6.07) is 38.9. The highest BCUT2D eigenvalue weighted by Gasteiger charge is 2.20. The van der Waals surface area contributed by atoms with E-state index in [1.54, 1.807) is 0 Å². The molecule has 0 unspecified atom stereocenters. The molecule has 5 rings (SSSR count). The highest BCUT2D eigenvalue weighted by molar-refractivity contribution is 5.78. The first-order valence-corrected chi connectivity index (χ1v) is 10.3. The standard InChI is InChI=1S/C28H22N2O/c1-21-17-19-24(20-18-21)29-28-30(25-15-9-4-10-16-25)26(22-11-5-2-6-12-22)27(31-28)23-13-7-3-8-14-23/h2-20H,1H3. The van der Waals surface area contributed by atoms with Crippen LogP contribution in [-0.2, 0) is 0 Å². The minimum Gasteiger partial charge on any atom is -0.422 e. The normalized spacial score (nSPS) is 11.6. The van der Waals surface area contributed by atoms with Gasteiger partial charge in [0.25, 0.3) is 0 Å². The number of benzene rings is 4. The predicted octanol–water partition coefficient (Wildman–Crippen LogP) is 6.95. The van der Waals surface area contributed by atoms with E-state index in [1.807, 2.05) is 66.7 Å². The van der Waals surface area contributed by atoms with Crippen LogP contribution in [0.3, 0.4) is 0 Å². The number of aromatic nitrogens is 1. The van der Waals surface area contributed by atoms with Crippen LogP contribution in [0.4, 0.5) is 5.69 Å². The molecular weight excluding hydrogens is 380 g/mol. The lowest BCUT2D eigenvalue weighted by molar-refractivity contribution is 0.499. The summed E-state index contributed by atoms with van der Waals surface area (Å²) >= 11 is 0. The summed E-state index contributed by atoms with van der Waals surface area (Å²) in [5.74, 6) is 0.793. The molecular formula is C28H22N2O. The lowest BCUT2D eigenvalue weighted by Gasteiger charge is -2.09. The van der Waals surface area contributed by atoms with Crippen molar-refractivity contribution in [2.45, 2.75) is 6.92 Å². The van der Waals surface area contributed by atoms with Gasteiger partial charge in [-0.1, -0.05) is 96.6 Å². The first-order chi connectivity index (χ1) is 15.3. The molecule has 0 fully saturated rings. The molecule has 0 aliphatic carbocycles. The van der Waals surface area contributed by atoms with Crippen LogP contribution >= 0.6 is 0 Å². The summed E-state index contributed by atoms with van der Waals surface area (Å²) in [6.07, 6.45) is 0. The number of hydrogen-bond donors (Lipinski definition) is 0. The van der Waals surface area contributed by atoms with Gasteiger partial charge in [0.1, 0.15) is 5.69 Å².